The van der Waals surface area contributed by atoms with Crippen LogP contribution in [0.4, 0.5) is 10.6 Å². The molecule has 1 aliphatic rings. The zero-order valence-electron chi connectivity index (χ0n) is 16.0. The Bertz CT molecular complexity index is 1220. The Labute approximate surface area is 166 Å². The van der Waals surface area contributed by atoms with E-state index in [9.17, 15) is 4.79 Å². The van der Waals surface area contributed by atoms with Crippen LogP contribution in [0.2, 0.25) is 0 Å². The molecule has 0 aliphatic carbocycles. The maximum atomic E-state index is 12.7. The smallest absolute Gasteiger partial charge is 0.331 e. The average Bonchev–Trinajstić information content (AvgIpc) is 3.41. The zero-order valence-corrected chi connectivity index (χ0v) is 16.0. The Morgan fingerprint density at radius 2 is 2.10 bits per heavy atom. The number of nitrogens with zero attached hydrogens (tertiary/aromatic N) is 5. The maximum absolute atomic E-state index is 12.7. The van der Waals surface area contributed by atoms with Gasteiger partial charge in [-0.1, -0.05) is 0 Å². The number of fused-ring (bicyclic) bond motifs is 2. The highest BCUT2D eigenvalue weighted by Crippen LogP contribution is 2.29. The highest BCUT2D eigenvalue weighted by atomic mass is 16.5. The van der Waals surface area contributed by atoms with Crippen LogP contribution in [0.3, 0.4) is 0 Å². The topological polar surface area (TPSA) is 98.9 Å². The first-order valence-electron chi connectivity index (χ1n) is 9.23. The van der Waals surface area contributed by atoms with E-state index in [0.29, 0.717) is 24.0 Å². The fourth-order valence-corrected chi connectivity index (χ4v) is 3.42. The van der Waals surface area contributed by atoms with Crippen molar-refractivity contribution in [1.29, 1.82) is 0 Å². The molecule has 4 aromatic rings. The van der Waals surface area contributed by atoms with Gasteiger partial charge in [0.05, 0.1) is 16.8 Å². The standard InChI is InChI=1S/C20H19N7O2/c1-12-7-18(25-26(12)2)24-20(28)27-6-5-13-8-14(3-4-17(13)27)29-19-15-9-21-10-16(15)22-11-23-19/h3-8,11,21H,9-10H2,1-2H3,(H,24,25,28). The molecule has 0 bridgehead atoms. The van der Waals surface area contributed by atoms with Crippen molar-refractivity contribution in [3.05, 3.63) is 59.8 Å². The van der Waals surface area contributed by atoms with Crippen LogP contribution in [0, 0.1) is 6.92 Å². The lowest BCUT2D eigenvalue weighted by Gasteiger charge is -2.09. The molecule has 1 amide bonds. The first kappa shape index (κ1) is 17.4. The van der Waals surface area contributed by atoms with Crippen molar-refractivity contribution in [2.24, 2.45) is 7.05 Å². The molecule has 0 unspecified atom stereocenters. The van der Waals surface area contributed by atoms with Crippen LogP contribution in [0.25, 0.3) is 10.9 Å². The molecule has 146 valence electrons. The minimum Gasteiger partial charge on any atom is -0.439 e. The van der Waals surface area contributed by atoms with Gasteiger partial charge >= 0.3 is 6.03 Å². The van der Waals surface area contributed by atoms with Gasteiger partial charge in [-0.3, -0.25) is 14.6 Å². The number of ether oxygens (including phenoxy) is 1. The van der Waals surface area contributed by atoms with Crippen LogP contribution < -0.4 is 15.4 Å². The van der Waals surface area contributed by atoms with Crippen molar-refractivity contribution in [2.45, 2.75) is 20.0 Å². The average molecular weight is 389 g/mol. The summed E-state index contributed by atoms with van der Waals surface area (Å²) in [5.41, 5.74) is 3.68. The summed E-state index contributed by atoms with van der Waals surface area (Å²) >= 11 is 0. The highest BCUT2D eigenvalue weighted by molar-refractivity contribution is 5.98. The van der Waals surface area contributed by atoms with Gasteiger partial charge < -0.3 is 10.1 Å². The number of hydrogen-bond acceptors (Lipinski definition) is 6. The van der Waals surface area contributed by atoms with Gasteiger partial charge in [-0.15, -0.1) is 0 Å². The lowest BCUT2D eigenvalue weighted by atomic mass is 10.2. The molecular formula is C20H19N7O2. The van der Waals surface area contributed by atoms with Gasteiger partial charge in [0.25, 0.3) is 0 Å². The number of hydrogen-bond donors (Lipinski definition) is 2. The highest BCUT2D eigenvalue weighted by Gasteiger charge is 2.18. The van der Waals surface area contributed by atoms with Crippen LogP contribution >= 0.6 is 0 Å². The lowest BCUT2D eigenvalue weighted by molar-refractivity contribution is 0.254. The fourth-order valence-electron chi connectivity index (χ4n) is 3.42. The maximum Gasteiger partial charge on any atom is 0.331 e. The van der Waals surface area contributed by atoms with E-state index < -0.39 is 0 Å². The van der Waals surface area contributed by atoms with Crippen molar-refractivity contribution in [3.8, 4) is 11.6 Å². The summed E-state index contributed by atoms with van der Waals surface area (Å²) in [4.78, 5) is 21.2. The predicted octanol–water partition coefficient (Wildman–Crippen LogP) is 2.95. The summed E-state index contributed by atoms with van der Waals surface area (Å²) in [7, 11) is 1.83. The first-order valence-corrected chi connectivity index (χ1v) is 9.23. The second-order valence-electron chi connectivity index (χ2n) is 6.94. The van der Waals surface area contributed by atoms with E-state index in [2.05, 4.69) is 25.7 Å². The molecule has 0 fully saturated rings. The Kier molecular flexibility index (Phi) is 4.02. The van der Waals surface area contributed by atoms with E-state index in [1.807, 2.05) is 44.3 Å². The summed E-state index contributed by atoms with van der Waals surface area (Å²) in [6.45, 7) is 3.34. The first-order chi connectivity index (χ1) is 14.1. The SMILES string of the molecule is Cc1cc(NC(=O)n2ccc3cc(Oc4ncnc5c4CNC5)ccc32)nn1C. The van der Waals surface area contributed by atoms with E-state index in [0.717, 1.165) is 34.4 Å². The van der Waals surface area contributed by atoms with Crippen molar-refractivity contribution >= 4 is 22.8 Å². The van der Waals surface area contributed by atoms with Gasteiger partial charge in [0.2, 0.25) is 5.88 Å². The van der Waals surface area contributed by atoms with Crippen molar-refractivity contribution in [2.75, 3.05) is 5.32 Å². The van der Waals surface area contributed by atoms with Crippen LogP contribution in [0.15, 0.2) is 42.9 Å². The van der Waals surface area contributed by atoms with Gasteiger partial charge in [0.15, 0.2) is 5.82 Å². The van der Waals surface area contributed by atoms with Gasteiger partial charge in [-0.25, -0.2) is 14.8 Å². The molecule has 4 heterocycles. The number of benzene rings is 1. The summed E-state index contributed by atoms with van der Waals surface area (Å²) in [6, 6.07) is 9.00. The molecule has 1 aromatic carbocycles. The van der Waals surface area contributed by atoms with Gasteiger partial charge in [-0.2, -0.15) is 5.10 Å². The molecule has 3 aromatic heterocycles. The Hall–Kier alpha value is -3.72. The van der Waals surface area contributed by atoms with E-state index in [1.165, 1.54) is 6.33 Å². The minimum absolute atomic E-state index is 0.272. The third kappa shape index (κ3) is 3.11. The van der Waals surface area contributed by atoms with Crippen LogP contribution in [-0.2, 0) is 20.1 Å². The number of aromatic nitrogens is 5. The van der Waals surface area contributed by atoms with Crippen molar-refractivity contribution in [3.63, 3.8) is 0 Å². The van der Waals surface area contributed by atoms with E-state index in [1.54, 1.807) is 15.4 Å². The number of rotatable bonds is 3. The summed E-state index contributed by atoms with van der Waals surface area (Å²) in [5.74, 6) is 1.73. The molecule has 5 rings (SSSR count). The van der Waals surface area contributed by atoms with Crippen LogP contribution in [-0.4, -0.2) is 30.3 Å². The van der Waals surface area contributed by atoms with E-state index >= 15 is 0 Å². The molecule has 29 heavy (non-hydrogen) atoms. The van der Waals surface area contributed by atoms with Gasteiger partial charge in [-0.05, 0) is 31.2 Å². The van der Waals surface area contributed by atoms with E-state index in [4.69, 9.17) is 4.74 Å². The molecule has 2 N–H and O–H groups in total. The normalized spacial score (nSPS) is 12.9. The molecule has 9 heteroatoms. The second-order valence-corrected chi connectivity index (χ2v) is 6.94. The van der Waals surface area contributed by atoms with E-state index in [-0.39, 0.29) is 6.03 Å². The molecule has 0 radical (unpaired) electrons. The Morgan fingerprint density at radius 3 is 2.93 bits per heavy atom. The number of amides is 1. The molecule has 0 spiro atoms. The van der Waals surface area contributed by atoms with Crippen LogP contribution in [0.5, 0.6) is 11.6 Å². The number of carbonyl (C=O) groups excluding carboxylic acids is 1. The molecule has 1 aliphatic heterocycles. The molecule has 0 saturated carbocycles. The quantitative estimate of drug-likeness (QED) is 0.559. The third-order valence-corrected chi connectivity index (χ3v) is 5.03. The number of nitrogens with one attached hydrogen (secondary N) is 2. The summed E-state index contributed by atoms with van der Waals surface area (Å²) < 4.78 is 9.26. The molecule has 0 atom stereocenters. The molecular weight excluding hydrogens is 370 g/mol. The zero-order chi connectivity index (χ0) is 20.0. The monoisotopic (exact) mass is 389 g/mol. The molecule has 9 nitrogen and oxygen atoms in total. The predicted molar refractivity (Wildman–Crippen MR) is 107 cm³/mol. The number of carbonyl (C=O) groups is 1. The van der Waals surface area contributed by atoms with Crippen LogP contribution in [0.1, 0.15) is 17.0 Å². The van der Waals surface area contributed by atoms with Crippen molar-refractivity contribution < 1.29 is 9.53 Å². The second kappa shape index (κ2) is 6.71. The van der Waals surface area contributed by atoms with Gasteiger partial charge in [0.1, 0.15) is 12.1 Å². The summed E-state index contributed by atoms with van der Waals surface area (Å²) in [6.07, 6.45) is 3.24. The minimum atomic E-state index is -0.272. The third-order valence-electron chi connectivity index (χ3n) is 5.03. The fraction of sp³-hybridized carbons (Fsp3) is 0.200. The number of aryl methyl sites for hydroxylation is 2. The molecule has 0 saturated heterocycles. The van der Waals surface area contributed by atoms with Gasteiger partial charge in [0, 0.05) is 43.5 Å². The number of anilines is 1. The van der Waals surface area contributed by atoms with Crippen molar-refractivity contribution in [1.82, 2.24) is 29.6 Å². The Balaban J connectivity index is 1.40. The lowest BCUT2D eigenvalue weighted by Crippen LogP contribution is -2.18. The largest absolute Gasteiger partial charge is 0.439 e. The Morgan fingerprint density at radius 1 is 1.21 bits per heavy atom. The summed E-state index contributed by atoms with van der Waals surface area (Å²) in [5, 5.41) is 11.2.